The first-order valence-corrected chi connectivity index (χ1v) is 3.92. The number of esters is 1. The Balaban J connectivity index is 4.15. The van der Waals surface area contributed by atoms with E-state index in [0.717, 1.165) is 0 Å². The highest BCUT2D eigenvalue weighted by Crippen LogP contribution is 2.07. The van der Waals surface area contributed by atoms with Crippen molar-refractivity contribution in [3.05, 3.63) is 0 Å². The molecule has 0 rings (SSSR count). The third-order valence-electron chi connectivity index (χ3n) is 0.967. The minimum atomic E-state index is -1.00. The molecule has 0 spiro atoms. The second kappa shape index (κ2) is 3.82. The van der Waals surface area contributed by atoms with Crippen LogP contribution in [0.1, 0.15) is 20.8 Å². The molecule has 0 aliphatic carbocycles. The van der Waals surface area contributed by atoms with E-state index in [-0.39, 0.29) is 4.99 Å². The van der Waals surface area contributed by atoms with Crippen molar-refractivity contribution in [1.29, 1.82) is 0 Å². The number of hydrogen-bond acceptors (Lipinski definition) is 4. The van der Waals surface area contributed by atoms with Gasteiger partial charge in [0, 0.05) is 0 Å². The molecule has 70 valence electrons. The molecular formula is C7H14N2O2S. The number of rotatable bonds is 2. The van der Waals surface area contributed by atoms with E-state index in [1.165, 1.54) is 0 Å². The molecule has 0 aliphatic heterocycles. The van der Waals surface area contributed by atoms with Crippen molar-refractivity contribution in [1.82, 2.24) is 0 Å². The molecule has 4 nitrogen and oxygen atoms in total. The van der Waals surface area contributed by atoms with Crippen LogP contribution in [0.2, 0.25) is 0 Å². The first-order chi connectivity index (χ1) is 5.24. The fourth-order valence-electron chi connectivity index (χ4n) is 0.481. The fraction of sp³-hybridized carbons (Fsp3) is 0.714. The maximum atomic E-state index is 11.1. The summed E-state index contributed by atoms with van der Waals surface area (Å²) >= 11 is 4.54. The standard InChI is InChI=1S/C7H14N2O2S/c1-7(2,3)11-6(10)4(8)5(9)12/h4H,8H2,1-3H3,(H2,9,12). The summed E-state index contributed by atoms with van der Waals surface area (Å²) in [4.78, 5) is 11.0. The molecule has 0 fully saturated rings. The van der Waals surface area contributed by atoms with Crippen molar-refractivity contribution in [3.8, 4) is 0 Å². The Kier molecular flexibility index (Phi) is 3.60. The zero-order chi connectivity index (χ0) is 9.94. The first kappa shape index (κ1) is 11.3. The molecule has 1 atom stereocenters. The molecule has 0 heterocycles. The van der Waals surface area contributed by atoms with E-state index in [4.69, 9.17) is 16.2 Å². The van der Waals surface area contributed by atoms with Crippen LogP contribution in [0.15, 0.2) is 0 Å². The average molecular weight is 190 g/mol. The smallest absolute Gasteiger partial charge is 0.330 e. The minimum absolute atomic E-state index is 0.0516. The van der Waals surface area contributed by atoms with Crippen molar-refractivity contribution in [2.24, 2.45) is 11.5 Å². The summed E-state index contributed by atoms with van der Waals surface area (Å²) in [5, 5.41) is 0. The topological polar surface area (TPSA) is 78.3 Å². The van der Waals surface area contributed by atoms with Gasteiger partial charge in [-0.25, -0.2) is 4.79 Å². The lowest BCUT2D eigenvalue weighted by Gasteiger charge is -2.21. The van der Waals surface area contributed by atoms with Gasteiger partial charge in [-0.05, 0) is 20.8 Å². The molecule has 5 heteroatoms. The Morgan fingerprint density at radius 1 is 1.50 bits per heavy atom. The highest BCUT2D eigenvalue weighted by molar-refractivity contribution is 7.80. The first-order valence-electron chi connectivity index (χ1n) is 3.52. The van der Waals surface area contributed by atoms with E-state index in [2.05, 4.69) is 12.2 Å². The van der Waals surface area contributed by atoms with Gasteiger partial charge < -0.3 is 16.2 Å². The number of carbonyl (C=O) groups excluding carboxylic acids is 1. The number of nitrogens with two attached hydrogens (primary N) is 2. The summed E-state index contributed by atoms with van der Waals surface area (Å²) in [6.07, 6.45) is 0. The van der Waals surface area contributed by atoms with Crippen LogP contribution < -0.4 is 11.5 Å². The molecule has 0 aliphatic rings. The number of carbonyl (C=O) groups is 1. The highest BCUT2D eigenvalue weighted by Gasteiger charge is 2.23. The molecule has 0 saturated heterocycles. The summed E-state index contributed by atoms with van der Waals surface area (Å²) in [5.41, 5.74) is 9.93. The van der Waals surface area contributed by atoms with Crippen LogP contribution in [-0.2, 0) is 9.53 Å². The Labute approximate surface area is 77.2 Å². The van der Waals surface area contributed by atoms with Crippen molar-refractivity contribution in [2.45, 2.75) is 32.4 Å². The van der Waals surface area contributed by atoms with E-state index in [1.807, 2.05) is 0 Å². The maximum Gasteiger partial charge on any atom is 0.330 e. The molecule has 0 bridgehead atoms. The van der Waals surface area contributed by atoms with Gasteiger partial charge in [-0.1, -0.05) is 12.2 Å². The van der Waals surface area contributed by atoms with Crippen molar-refractivity contribution >= 4 is 23.2 Å². The van der Waals surface area contributed by atoms with Crippen LogP contribution in [0.4, 0.5) is 0 Å². The highest BCUT2D eigenvalue weighted by atomic mass is 32.1. The summed E-state index contributed by atoms with van der Waals surface area (Å²) < 4.78 is 4.93. The van der Waals surface area contributed by atoms with Gasteiger partial charge in [-0.2, -0.15) is 0 Å². The van der Waals surface area contributed by atoms with Crippen molar-refractivity contribution < 1.29 is 9.53 Å². The molecule has 0 aromatic carbocycles. The number of thiocarbonyl (C=S) groups is 1. The summed E-state index contributed by atoms with van der Waals surface area (Å²) in [6.45, 7) is 5.24. The lowest BCUT2D eigenvalue weighted by Crippen LogP contribution is -2.45. The molecule has 0 amide bonds. The average Bonchev–Trinajstić information content (AvgIpc) is 1.82. The summed E-state index contributed by atoms with van der Waals surface area (Å²) in [5.74, 6) is -0.588. The lowest BCUT2D eigenvalue weighted by molar-refractivity contribution is -0.154. The van der Waals surface area contributed by atoms with E-state index < -0.39 is 17.6 Å². The molecule has 0 radical (unpaired) electrons. The molecule has 1 unspecified atom stereocenters. The van der Waals surface area contributed by atoms with E-state index >= 15 is 0 Å². The van der Waals surface area contributed by atoms with Crippen LogP contribution in [0.5, 0.6) is 0 Å². The second-order valence-electron chi connectivity index (χ2n) is 3.41. The third-order valence-corrected chi connectivity index (χ3v) is 1.22. The molecule has 0 saturated carbocycles. The SMILES string of the molecule is CC(C)(C)OC(=O)C(N)C(N)=S. The van der Waals surface area contributed by atoms with Gasteiger partial charge in [0.2, 0.25) is 0 Å². The number of hydrogen-bond donors (Lipinski definition) is 2. The van der Waals surface area contributed by atoms with Gasteiger partial charge in [0.05, 0.1) is 0 Å². The Morgan fingerprint density at radius 2 is 1.92 bits per heavy atom. The monoisotopic (exact) mass is 190 g/mol. The Hall–Kier alpha value is -0.680. The van der Waals surface area contributed by atoms with Crippen LogP contribution in [0, 0.1) is 0 Å². The normalized spacial score (nSPS) is 13.7. The van der Waals surface area contributed by atoms with Crippen LogP contribution in [-0.4, -0.2) is 22.6 Å². The van der Waals surface area contributed by atoms with Crippen LogP contribution >= 0.6 is 12.2 Å². The third kappa shape index (κ3) is 4.25. The largest absolute Gasteiger partial charge is 0.458 e. The molecule has 0 aromatic heterocycles. The summed E-state index contributed by atoms with van der Waals surface area (Å²) in [6, 6.07) is -1.00. The lowest BCUT2D eigenvalue weighted by atomic mass is 10.2. The zero-order valence-electron chi connectivity index (χ0n) is 7.46. The zero-order valence-corrected chi connectivity index (χ0v) is 8.27. The van der Waals surface area contributed by atoms with E-state index in [1.54, 1.807) is 20.8 Å². The molecule has 12 heavy (non-hydrogen) atoms. The molecule has 0 aromatic rings. The van der Waals surface area contributed by atoms with E-state index in [0.29, 0.717) is 0 Å². The Morgan fingerprint density at radius 3 is 2.17 bits per heavy atom. The van der Waals surface area contributed by atoms with Crippen molar-refractivity contribution in [2.75, 3.05) is 0 Å². The van der Waals surface area contributed by atoms with Crippen molar-refractivity contribution in [3.63, 3.8) is 0 Å². The molecule has 4 N–H and O–H groups in total. The Bertz CT molecular complexity index is 198. The second-order valence-corrected chi connectivity index (χ2v) is 3.88. The van der Waals surface area contributed by atoms with Crippen LogP contribution in [0.25, 0.3) is 0 Å². The minimum Gasteiger partial charge on any atom is -0.458 e. The molecular weight excluding hydrogens is 176 g/mol. The maximum absolute atomic E-state index is 11.1. The number of ether oxygens (including phenoxy) is 1. The van der Waals surface area contributed by atoms with Gasteiger partial charge in [0.25, 0.3) is 0 Å². The van der Waals surface area contributed by atoms with Crippen LogP contribution in [0.3, 0.4) is 0 Å². The fourth-order valence-corrected chi connectivity index (χ4v) is 0.578. The summed E-state index contributed by atoms with van der Waals surface area (Å²) in [7, 11) is 0. The quantitative estimate of drug-likeness (QED) is 0.471. The predicted octanol–water partition coefficient (Wildman–Crippen LogP) is -0.0585. The van der Waals surface area contributed by atoms with Gasteiger partial charge in [0.1, 0.15) is 10.6 Å². The van der Waals surface area contributed by atoms with Gasteiger partial charge >= 0.3 is 5.97 Å². The van der Waals surface area contributed by atoms with E-state index in [9.17, 15) is 4.79 Å². The van der Waals surface area contributed by atoms with Gasteiger partial charge in [-0.3, -0.25) is 0 Å². The van der Waals surface area contributed by atoms with Gasteiger partial charge in [-0.15, -0.1) is 0 Å². The van der Waals surface area contributed by atoms with Gasteiger partial charge in [0.15, 0.2) is 6.04 Å². The predicted molar refractivity (Wildman–Crippen MR) is 50.6 cm³/mol.